The molecule has 1 heterocycles. The summed E-state index contributed by atoms with van der Waals surface area (Å²) in [7, 11) is 0. The van der Waals surface area contributed by atoms with Crippen molar-refractivity contribution in [1.29, 1.82) is 0 Å². The van der Waals surface area contributed by atoms with Crippen molar-refractivity contribution in [2.45, 2.75) is 19.4 Å². The fraction of sp³-hybridized carbons (Fsp3) is 0.267. The van der Waals surface area contributed by atoms with E-state index in [4.69, 9.17) is 5.73 Å². The third kappa shape index (κ3) is 2.68. The van der Waals surface area contributed by atoms with Crippen molar-refractivity contribution in [3.63, 3.8) is 0 Å². The average molecular weight is 242 g/mol. The monoisotopic (exact) mass is 242 g/mol. The molecule has 0 bridgehead atoms. The fourth-order valence-corrected chi connectivity index (χ4v) is 2.17. The number of amides is 1. The summed E-state index contributed by atoms with van der Waals surface area (Å²) in [5.74, 6) is -0.0179. The molecular formula is C15H18N2O. The van der Waals surface area contributed by atoms with Gasteiger partial charge in [-0.1, -0.05) is 36.4 Å². The first-order valence-electron chi connectivity index (χ1n) is 6.16. The highest BCUT2D eigenvalue weighted by molar-refractivity contribution is 6.02. The van der Waals surface area contributed by atoms with Crippen LogP contribution >= 0.6 is 0 Å². The van der Waals surface area contributed by atoms with Crippen LogP contribution in [0.25, 0.3) is 0 Å². The van der Waals surface area contributed by atoms with Crippen molar-refractivity contribution < 1.29 is 4.79 Å². The Balaban J connectivity index is 2.26. The van der Waals surface area contributed by atoms with Crippen LogP contribution in [0.5, 0.6) is 0 Å². The van der Waals surface area contributed by atoms with E-state index in [2.05, 4.69) is 0 Å². The zero-order valence-electron chi connectivity index (χ0n) is 10.5. The van der Waals surface area contributed by atoms with E-state index >= 15 is 0 Å². The number of nitrogens with zero attached hydrogens (tertiary/aromatic N) is 1. The standard InChI is InChI=1S/C15H18N2O/c1-2-3-4-9-15(18)17-11-13(16)10-12-7-5-6-8-14(12)17/h2-9,13H,10-11,16H2,1H3. The number of allylic oxidation sites excluding steroid dienone is 3. The summed E-state index contributed by atoms with van der Waals surface area (Å²) in [6.45, 7) is 2.50. The van der Waals surface area contributed by atoms with E-state index < -0.39 is 0 Å². The molecule has 0 spiro atoms. The number of nitrogens with two attached hydrogens (primary N) is 1. The lowest BCUT2D eigenvalue weighted by Crippen LogP contribution is -2.45. The minimum absolute atomic E-state index is 0.0129. The Morgan fingerprint density at radius 2 is 2.17 bits per heavy atom. The Morgan fingerprint density at radius 3 is 2.94 bits per heavy atom. The molecule has 1 atom stereocenters. The summed E-state index contributed by atoms with van der Waals surface area (Å²) >= 11 is 0. The van der Waals surface area contributed by atoms with E-state index in [0.29, 0.717) is 6.54 Å². The third-order valence-corrected chi connectivity index (χ3v) is 2.99. The maximum absolute atomic E-state index is 12.1. The summed E-state index contributed by atoms with van der Waals surface area (Å²) in [6.07, 6.45) is 7.89. The summed E-state index contributed by atoms with van der Waals surface area (Å²) < 4.78 is 0. The molecule has 1 unspecified atom stereocenters. The van der Waals surface area contributed by atoms with Gasteiger partial charge in [0.1, 0.15) is 0 Å². The topological polar surface area (TPSA) is 46.3 Å². The molecular weight excluding hydrogens is 224 g/mol. The number of carbonyl (C=O) groups excluding carboxylic acids is 1. The summed E-state index contributed by atoms with van der Waals surface area (Å²) in [5.41, 5.74) is 8.12. The molecule has 18 heavy (non-hydrogen) atoms. The molecule has 0 fully saturated rings. The molecule has 3 nitrogen and oxygen atoms in total. The van der Waals surface area contributed by atoms with Crippen LogP contribution < -0.4 is 10.6 Å². The van der Waals surface area contributed by atoms with Gasteiger partial charge in [-0.05, 0) is 25.0 Å². The van der Waals surface area contributed by atoms with Gasteiger partial charge >= 0.3 is 0 Å². The number of fused-ring (bicyclic) bond motifs is 1. The normalized spacial score (nSPS) is 19.4. The smallest absolute Gasteiger partial charge is 0.251 e. The fourth-order valence-electron chi connectivity index (χ4n) is 2.17. The molecule has 2 N–H and O–H groups in total. The molecule has 1 amide bonds. The zero-order valence-corrected chi connectivity index (χ0v) is 10.5. The minimum Gasteiger partial charge on any atom is -0.326 e. The molecule has 0 radical (unpaired) electrons. The van der Waals surface area contributed by atoms with E-state index in [1.165, 1.54) is 0 Å². The number of benzene rings is 1. The van der Waals surface area contributed by atoms with Gasteiger partial charge < -0.3 is 10.6 Å². The Bertz CT molecular complexity index is 491. The van der Waals surface area contributed by atoms with Crippen LogP contribution in [0.2, 0.25) is 0 Å². The van der Waals surface area contributed by atoms with Crippen molar-refractivity contribution in [3.8, 4) is 0 Å². The Morgan fingerprint density at radius 1 is 1.39 bits per heavy atom. The highest BCUT2D eigenvalue weighted by Crippen LogP contribution is 2.26. The minimum atomic E-state index is -0.0179. The lowest BCUT2D eigenvalue weighted by Gasteiger charge is -2.32. The number of anilines is 1. The van der Waals surface area contributed by atoms with Gasteiger partial charge in [-0.15, -0.1) is 0 Å². The van der Waals surface area contributed by atoms with Gasteiger partial charge in [-0.25, -0.2) is 0 Å². The molecule has 1 aliphatic heterocycles. The van der Waals surface area contributed by atoms with Gasteiger partial charge in [-0.3, -0.25) is 4.79 Å². The van der Waals surface area contributed by atoms with Crippen molar-refractivity contribution in [2.24, 2.45) is 5.73 Å². The number of para-hydroxylation sites is 1. The summed E-state index contributed by atoms with van der Waals surface area (Å²) in [4.78, 5) is 13.9. The van der Waals surface area contributed by atoms with Crippen molar-refractivity contribution in [3.05, 3.63) is 54.1 Å². The van der Waals surface area contributed by atoms with Crippen LogP contribution in [0.3, 0.4) is 0 Å². The van der Waals surface area contributed by atoms with Crippen molar-refractivity contribution in [1.82, 2.24) is 0 Å². The predicted molar refractivity (Wildman–Crippen MR) is 74.4 cm³/mol. The van der Waals surface area contributed by atoms with Crippen molar-refractivity contribution >= 4 is 11.6 Å². The second-order valence-electron chi connectivity index (χ2n) is 4.43. The van der Waals surface area contributed by atoms with Gasteiger partial charge in [-0.2, -0.15) is 0 Å². The number of carbonyl (C=O) groups is 1. The van der Waals surface area contributed by atoms with Gasteiger partial charge in [0, 0.05) is 24.4 Å². The Hall–Kier alpha value is -1.87. The summed E-state index contributed by atoms with van der Waals surface area (Å²) in [6, 6.07) is 7.95. The second-order valence-corrected chi connectivity index (χ2v) is 4.43. The van der Waals surface area contributed by atoms with E-state index in [1.54, 1.807) is 17.1 Å². The molecule has 2 rings (SSSR count). The highest BCUT2D eigenvalue weighted by atomic mass is 16.2. The molecule has 0 aromatic heterocycles. The maximum atomic E-state index is 12.1. The molecule has 0 saturated carbocycles. The lowest BCUT2D eigenvalue weighted by molar-refractivity contribution is -0.114. The van der Waals surface area contributed by atoms with Gasteiger partial charge in [0.25, 0.3) is 5.91 Å². The average Bonchev–Trinajstić information content (AvgIpc) is 2.38. The second kappa shape index (κ2) is 5.65. The molecule has 0 aliphatic carbocycles. The van der Waals surface area contributed by atoms with E-state index in [9.17, 15) is 4.79 Å². The largest absolute Gasteiger partial charge is 0.326 e. The maximum Gasteiger partial charge on any atom is 0.251 e. The number of hydrogen-bond acceptors (Lipinski definition) is 2. The number of rotatable bonds is 2. The van der Waals surface area contributed by atoms with Crippen LogP contribution in [-0.4, -0.2) is 18.5 Å². The Kier molecular flexibility index (Phi) is 3.95. The molecule has 1 aromatic rings. The Labute approximate surface area is 108 Å². The van der Waals surface area contributed by atoms with E-state index in [1.807, 2.05) is 43.3 Å². The molecule has 3 heteroatoms. The first-order chi connectivity index (χ1) is 8.72. The SMILES string of the molecule is CC=CC=CC(=O)N1CC(N)Cc2ccccc21. The number of hydrogen-bond donors (Lipinski definition) is 1. The van der Waals surface area contributed by atoms with Crippen LogP contribution in [0.4, 0.5) is 5.69 Å². The van der Waals surface area contributed by atoms with Crippen LogP contribution in [0.15, 0.2) is 48.6 Å². The summed E-state index contributed by atoms with van der Waals surface area (Å²) in [5, 5.41) is 0. The molecule has 1 aliphatic rings. The quantitative estimate of drug-likeness (QED) is 0.637. The molecule has 94 valence electrons. The lowest BCUT2D eigenvalue weighted by atomic mass is 9.98. The highest BCUT2D eigenvalue weighted by Gasteiger charge is 2.24. The van der Waals surface area contributed by atoms with Crippen molar-refractivity contribution in [2.75, 3.05) is 11.4 Å². The van der Waals surface area contributed by atoms with Gasteiger partial charge in [0.15, 0.2) is 0 Å². The first kappa shape index (κ1) is 12.6. The molecule has 0 saturated heterocycles. The molecule has 1 aromatic carbocycles. The van der Waals surface area contributed by atoms with E-state index in [-0.39, 0.29) is 11.9 Å². The van der Waals surface area contributed by atoms with Gasteiger partial charge in [0.05, 0.1) is 0 Å². The van der Waals surface area contributed by atoms with Gasteiger partial charge in [0.2, 0.25) is 0 Å². The van der Waals surface area contributed by atoms with Crippen LogP contribution in [0, 0.1) is 0 Å². The first-order valence-corrected chi connectivity index (χ1v) is 6.16. The van der Waals surface area contributed by atoms with Crippen LogP contribution in [0.1, 0.15) is 12.5 Å². The van der Waals surface area contributed by atoms with E-state index in [0.717, 1.165) is 17.7 Å². The zero-order chi connectivity index (χ0) is 13.0. The third-order valence-electron chi connectivity index (χ3n) is 2.99. The predicted octanol–water partition coefficient (Wildman–Crippen LogP) is 2.04. The van der Waals surface area contributed by atoms with Crippen LogP contribution in [-0.2, 0) is 11.2 Å².